The van der Waals surface area contributed by atoms with E-state index in [9.17, 15) is 0 Å². The van der Waals surface area contributed by atoms with E-state index in [2.05, 4.69) is 48.3 Å². The number of nitrogens with two attached hydrogens (primary N) is 1. The minimum atomic E-state index is 0.739. The van der Waals surface area contributed by atoms with Gasteiger partial charge in [0.15, 0.2) is 0 Å². The van der Waals surface area contributed by atoms with Crippen molar-refractivity contribution in [2.45, 2.75) is 26.2 Å². The van der Waals surface area contributed by atoms with Crippen LogP contribution in [-0.2, 0) is 6.42 Å². The van der Waals surface area contributed by atoms with Gasteiger partial charge in [0.1, 0.15) is 0 Å². The third-order valence-electron chi connectivity index (χ3n) is 4.16. The molecule has 1 heterocycles. The number of unbranched alkanes of at least 4 members (excludes halogenated alkanes) is 1. The molecule has 3 N–H and O–H groups in total. The van der Waals surface area contributed by atoms with Crippen LogP contribution in [0.1, 0.15) is 24.0 Å². The first-order valence-corrected chi connectivity index (χ1v) is 8.14. The normalized spacial score (nSPS) is 11.2. The van der Waals surface area contributed by atoms with Crippen molar-refractivity contribution in [3.8, 4) is 11.3 Å². The number of aromatic nitrogens is 1. The van der Waals surface area contributed by atoms with Gasteiger partial charge in [-0.25, -0.2) is 0 Å². The maximum atomic E-state index is 6.20. The molecule has 0 spiro atoms. The van der Waals surface area contributed by atoms with E-state index >= 15 is 0 Å². The van der Waals surface area contributed by atoms with Gasteiger partial charge in [-0.15, -0.1) is 0 Å². The minimum Gasteiger partial charge on any atom is -0.354 e. The van der Waals surface area contributed by atoms with Gasteiger partial charge in [0.2, 0.25) is 0 Å². The summed E-state index contributed by atoms with van der Waals surface area (Å²) in [7, 11) is 0. The van der Waals surface area contributed by atoms with Gasteiger partial charge < -0.3 is 10.7 Å². The van der Waals surface area contributed by atoms with E-state index < -0.39 is 0 Å². The second-order valence-electron chi connectivity index (χ2n) is 5.73. The fraction of sp³-hybridized carbons (Fsp3) is 0.263. The van der Waals surface area contributed by atoms with E-state index in [1.807, 2.05) is 6.07 Å². The van der Waals surface area contributed by atoms with Crippen LogP contribution >= 0.6 is 11.6 Å². The molecule has 1 aromatic heterocycles. The van der Waals surface area contributed by atoms with Crippen LogP contribution < -0.4 is 5.73 Å². The fourth-order valence-electron chi connectivity index (χ4n) is 3.01. The second kappa shape index (κ2) is 6.55. The molecular weight excluding hydrogens is 292 g/mol. The average Bonchev–Trinajstić information content (AvgIpc) is 2.86. The highest BCUT2D eigenvalue weighted by Crippen LogP contribution is 2.34. The third-order valence-corrected chi connectivity index (χ3v) is 4.40. The van der Waals surface area contributed by atoms with Crippen LogP contribution in [0, 0.1) is 6.92 Å². The number of aromatic amines is 1. The highest BCUT2D eigenvalue weighted by molar-refractivity contribution is 6.31. The minimum absolute atomic E-state index is 0.739. The number of nitrogens with one attached hydrogen (secondary N) is 1. The predicted molar refractivity (Wildman–Crippen MR) is 95.5 cm³/mol. The van der Waals surface area contributed by atoms with Crippen molar-refractivity contribution >= 4 is 22.5 Å². The number of aryl methyl sites for hydroxylation is 2. The lowest BCUT2D eigenvalue weighted by Gasteiger charge is -2.08. The highest BCUT2D eigenvalue weighted by atomic mass is 35.5. The fourth-order valence-corrected chi connectivity index (χ4v) is 3.18. The topological polar surface area (TPSA) is 41.8 Å². The Kier molecular flexibility index (Phi) is 4.51. The lowest BCUT2D eigenvalue weighted by atomic mass is 9.98. The van der Waals surface area contributed by atoms with Crippen molar-refractivity contribution < 1.29 is 0 Å². The molecule has 0 aliphatic heterocycles. The van der Waals surface area contributed by atoms with Gasteiger partial charge in [0.05, 0.1) is 0 Å². The van der Waals surface area contributed by atoms with Crippen LogP contribution in [0.4, 0.5) is 0 Å². The Morgan fingerprint density at radius 2 is 1.91 bits per heavy atom. The number of hydrogen-bond acceptors (Lipinski definition) is 1. The van der Waals surface area contributed by atoms with E-state index in [1.54, 1.807) is 0 Å². The second-order valence-corrected chi connectivity index (χ2v) is 6.17. The lowest BCUT2D eigenvalue weighted by Crippen LogP contribution is -1.99. The van der Waals surface area contributed by atoms with Crippen LogP contribution in [0.5, 0.6) is 0 Å². The Balaban J connectivity index is 2.15. The summed E-state index contributed by atoms with van der Waals surface area (Å²) in [6, 6.07) is 14.5. The summed E-state index contributed by atoms with van der Waals surface area (Å²) < 4.78 is 0. The molecule has 2 aromatic carbocycles. The van der Waals surface area contributed by atoms with Gasteiger partial charge in [0, 0.05) is 27.2 Å². The van der Waals surface area contributed by atoms with Crippen molar-refractivity contribution in [3.63, 3.8) is 0 Å². The zero-order valence-electron chi connectivity index (χ0n) is 12.8. The standard InChI is InChI=1S/C19H21ClN2/c1-13-6-2-3-7-15(13)19-16(8-4-5-11-21)17-12-14(20)9-10-18(17)22-19/h2-3,6-7,9-10,12,22H,4-5,8,11,21H2,1H3. The first-order chi connectivity index (χ1) is 10.7. The molecule has 3 rings (SSSR count). The highest BCUT2D eigenvalue weighted by Gasteiger charge is 2.14. The van der Waals surface area contributed by atoms with Crippen LogP contribution in [-0.4, -0.2) is 11.5 Å². The monoisotopic (exact) mass is 312 g/mol. The number of halogens is 1. The number of hydrogen-bond donors (Lipinski definition) is 2. The average molecular weight is 313 g/mol. The Labute approximate surface area is 136 Å². The van der Waals surface area contributed by atoms with Gasteiger partial charge in [-0.05, 0) is 62.1 Å². The Morgan fingerprint density at radius 3 is 2.68 bits per heavy atom. The van der Waals surface area contributed by atoms with Crippen LogP contribution in [0.25, 0.3) is 22.2 Å². The molecule has 22 heavy (non-hydrogen) atoms. The Morgan fingerprint density at radius 1 is 1.09 bits per heavy atom. The molecule has 2 nitrogen and oxygen atoms in total. The summed E-state index contributed by atoms with van der Waals surface area (Å²) >= 11 is 6.20. The van der Waals surface area contributed by atoms with Crippen molar-refractivity contribution in [1.82, 2.24) is 4.98 Å². The van der Waals surface area contributed by atoms with Crippen LogP contribution in [0.15, 0.2) is 42.5 Å². The number of rotatable bonds is 5. The van der Waals surface area contributed by atoms with Gasteiger partial charge in [0.25, 0.3) is 0 Å². The van der Waals surface area contributed by atoms with Gasteiger partial charge in [-0.1, -0.05) is 35.9 Å². The van der Waals surface area contributed by atoms with Crippen molar-refractivity contribution in [3.05, 3.63) is 58.6 Å². The van der Waals surface area contributed by atoms with Crippen molar-refractivity contribution in [2.24, 2.45) is 5.73 Å². The summed E-state index contributed by atoms with van der Waals surface area (Å²) in [4.78, 5) is 3.59. The summed E-state index contributed by atoms with van der Waals surface area (Å²) in [6.45, 7) is 2.89. The maximum absolute atomic E-state index is 6.20. The first kappa shape index (κ1) is 15.1. The molecule has 0 radical (unpaired) electrons. The summed E-state index contributed by atoms with van der Waals surface area (Å²) in [5.74, 6) is 0. The molecular formula is C19H21ClN2. The van der Waals surface area contributed by atoms with Crippen molar-refractivity contribution in [2.75, 3.05) is 6.54 Å². The molecule has 0 atom stereocenters. The molecule has 3 aromatic rings. The number of benzene rings is 2. The summed E-state index contributed by atoms with van der Waals surface area (Å²) in [6.07, 6.45) is 3.15. The largest absolute Gasteiger partial charge is 0.354 e. The van der Waals surface area contributed by atoms with Gasteiger partial charge in [-0.2, -0.15) is 0 Å². The van der Waals surface area contributed by atoms with Crippen LogP contribution in [0.3, 0.4) is 0 Å². The Bertz CT molecular complexity index is 789. The van der Waals surface area contributed by atoms with Crippen LogP contribution in [0.2, 0.25) is 5.02 Å². The molecule has 0 saturated carbocycles. The number of H-pyrrole nitrogens is 1. The smallest absolute Gasteiger partial charge is 0.0500 e. The van der Waals surface area contributed by atoms with E-state index in [0.29, 0.717) is 0 Å². The van der Waals surface area contributed by atoms with Crippen molar-refractivity contribution in [1.29, 1.82) is 0 Å². The zero-order chi connectivity index (χ0) is 15.5. The predicted octanol–water partition coefficient (Wildman–Crippen LogP) is 5.08. The van der Waals surface area contributed by atoms with E-state index in [0.717, 1.165) is 36.3 Å². The van der Waals surface area contributed by atoms with E-state index in [1.165, 1.54) is 27.8 Å². The molecule has 0 amide bonds. The molecule has 0 saturated heterocycles. The molecule has 3 heteroatoms. The van der Waals surface area contributed by atoms with E-state index in [4.69, 9.17) is 17.3 Å². The molecule has 0 bridgehead atoms. The Hall–Kier alpha value is -1.77. The molecule has 0 fully saturated rings. The van der Waals surface area contributed by atoms with E-state index in [-0.39, 0.29) is 0 Å². The SMILES string of the molecule is Cc1ccccc1-c1[nH]c2ccc(Cl)cc2c1CCCCN. The summed E-state index contributed by atoms with van der Waals surface area (Å²) in [5.41, 5.74) is 11.9. The summed E-state index contributed by atoms with van der Waals surface area (Å²) in [5, 5.41) is 2.01. The zero-order valence-corrected chi connectivity index (χ0v) is 13.6. The molecule has 0 aliphatic rings. The molecule has 0 aliphatic carbocycles. The molecule has 114 valence electrons. The first-order valence-electron chi connectivity index (χ1n) is 7.77. The number of fused-ring (bicyclic) bond motifs is 1. The van der Waals surface area contributed by atoms with Gasteiger partial charge >= 0.3 is 0 Å². The maximum Gasteiger partial charge on any atom is 0.0500 e. The van der Waals surface area contributed by atoms with Gasteiger partial charge in [-0.3, -0.25) is 0 Å². The molecule has 0 unspecified atom stereocenters. The lowest BCUT2D eigenvalue weighted by molar-refractivity contribution is 0.748. The third kappa shape index (κ3) is 2.90. The quantitative estimate of drug-likeness (QED) is 0.634.